The number of hydrogen-bond donors (Lipinski definition) is 3. The number of aliphatic imine (C=N–C) groups is 1. The van der Waals surface area contributed by atoms with Crippen LogP contribution in [0.2, 0.25) is 0 Å². The predicted octanol–water partition coefficient (Wildman–Crippen LogP) is 3.38. The van der Waals surface area contributed by atoms with Crippen molar-refractivity contribution in [3.8, 4) is 17.2 Å². The Morgan fingerprint density at radius 3 is 2.62 bits per heavy atom. The highest BCUT2D eigenvalue weighted by Gasteiger charge is 2.21. The Hall–Kier alpha value is -3.23. The Labute approximate surface area is 187 Å². The van der Waals surface area contributed by atoms with Crippen LogP contribution in [0.15, 0.2) is 47.5 Å². The number of benzene rings is 2. The number of aromatic hydroxyl groups is 1. The van der Waals surface area contributed by atoms with E-state index in [4.69, 9.17) is 4.74 Å². The Balaban J connectivity index is 1.49. The summed E-state index contributed by atoms with van der Waals surface area (Å²) in [5, 5.41) is 16.8. The van der Waals surface area contributed by atoms with Crippen LogP contribution < -0.4 is 25.0 Å². The zero-order valence-corrected chi connectivity index (χ0v) is 18.4. The van der Waals surface area contributed by atoms with Crippen molar-refractivity contribution in [1.29, 1.82) is 0 Å². The number of methoxy groups -OCH3 is 1. The molecule has 174 valence electrons. The van der Waals surface area contributed by atoms with Crippen LogP contribution in [-0.4, -0.2) is 57.5 Å². The molecule has 2 aromatic carbocycles. The van der Waals surface area contributed by atoms with Gasteiger partial charge in [0, 0.05) is 44.5 Å². The van der Waals surface area contributed by atoms with E-state index in [1.807, 2.05) is 12.1 Å². The number of anilines is 1. The second-order valence-electron chi connectivity index (χ2n) is 7.55. The summed E-state index contributed by atoms with van der Waals surface area (Å²) in [6.07, 6.45) is 2.65. The minimum atomic E-state index is -2.82. The number of ether oxygens (including phenoxy) is 2. The fourth-order valence-electron chi connectivity index (χ4n) is 3.75. The van der Waals surface area contributed by atoms with E-state index in [1.54, 1.807) is 44.5 Å². The number of guanidine groups is 1. The summed E-state index contributed by atoms with van der Waals surface area (Å²) >= 11 is 0. The number of alkyl halides is 2. The van der Waals surface area contributed by atoms with E-state index < -0.39 is 6.61 Å². The predicted molar refractivity (Wildman–Crippen MR) is 121 cm³/mol. The minimum Gasteiger partial charge on any atom is -0.508 e. The summed E-state index contributed by atoms with van der Waals surface area (Å²) in [7, 11) is 3.29. The lowest BCUT2D eigenvalue weighted by Gasteiger charge is -2.35. The van der Waals surface area contributed by atoms with Gasteiger partial charge < -0.3 is 30.1 Å². The van der Waals surface area contributed by atoms with E-state index in [0.29, 0.717) is 24.7 Å². The number of phenols is 1. The van der Waals surface area contributed by atoms with Crippen molar-refractivity contribution >= 4 is 11.6 Å². The molecule has 0 bridgehead atoms. The largest absolute Gasteiger partial charge is 0.508 e. The maximum absolute atomic E-state index is 12.3. The number of nitrogens with zero attached hydrogens (tertiary/aromatic N) is 2. The molecule has 9 heteroatoms. The maximum atomic E-state index is 12.3. The molecule has 32 heavy (non-hydrogen) atoms. The normalized spacial score (nSPS) is 16.7. The molecule has 0 aliphatic carbocycles. The van der Waals surface area contributed by atoms with Crippen molar-refractivity contribution < 1.29 is 23.4 Å². The molecule has 1 atom stereocenters. The first-order chi connectivity index (χ1) is 15.5. The summed E-state index contributed by atoms with van der Waals surface area (Å²) in [5.41, 5.74) is 1.80. The van der Waals surface area contributed by atoms with Crippen molar-refractivity contribution in [2.75, 3.05) is 38.7 Å². The van der Waals surface area contributed by atoms with Gasteiger partial charge in [-0.25, -0.2) is 0 Å². The van der Waals surface area contributed by atoms with Crippen LogP contribution in [0.25, 0.3) is 0 Å². The Kier molecular flexibility index (Phi) is 8.35. The second kappa shape index (κ2) is 11.4. The third-order valence-electron chi connectivity index (χ3n) is 5.39. The SMILES string of the molecule is CN=C(NCCc1ccc(OC)cc1O)NC1CCCN(c2ccc(OC(F)F)cc2)C1. The van der Waals surface area contributed by atoms with Crippen LogP contribution in [0.5, 0.6) is 17.2 Å². The maximum Gasteiger partial charge on any atom is 0.387 e. The first-order valence-electron chi connectivity index (χ1n) is 10.6. The molecule has 1 unspecified atom stereocenters. The Morgan fingerprint density at radius 2 is 1.97 bits per heavy atom. The van der Waals surface area contributed by atoms with Gasteiger partial charge in [0.05, 0.1) is 7.11 Å². The van der Waals surface area contributed by atoms with Crippen LogP contribution in [-0.2, 0) is 6.42 Å². The lowest BCUT2D eigenvalue weighted by molar-refractivity contribution is -0.0498. The van der Waals surface area contributed by atoms with Gasteiger partial charge in [0.2, 0.25) is 0 Å². The minimum absolute atomic E-state index is 0.155. The molecule has 3 N–H and O–H groups in total. The van der Waals surface area contributed by atoms with E-state index in [2.05, 4.69) is 25.3 Å². The molecule has 2 aromatic rings. The van der Waals surface area contributed by atoms with Crippen molar-refractivity contribution in [1.82, 2.24) is 10.6 Å². The lowest BCUT2D eigenvalue weighted by Crippen LogP contribution is -2.51. The molecule has 1 aliphatic heterocycles. The summed E-state index contributed by atoms with van der Waals surface area (Å²) < 4.78 is 34.2. The van der Waals surface area contributed by atoms with E-state index in [0.717, 1.165) is 37.2 Å². The molecule has 0 spiro atoms. The van der Waals surface area contributed by atoms with Crippen LogP contribution in [0.3, 0.4) is 0 Å². The number of phenolic OH excluding ortho intramolecular Hbond substituents is 1. The average molecular weight is 449 g/mol. The van der Waals surface area contributed by atoms with E-state index in [1.165, 1.54) is 0 Å². The zero-order valence-electron chi connectivity index (χ0n) is 18.4. The molecule has 0 radical (unpaired) electrons. The van der Waals surface area contributed by atoms with Gasteiger partial charge >= 0.3 is 6.61 Å². The highest BCUT2D eigenvalue weighted by atomic mass is 19.3. The third kappa shape index (κ3) is 6.63. The average Bonchev–Trinajstić information content (AvgIpc) is 2.79. The highest BCUT2D eigenvalue weighted by molar-refractivity contribution is 5.80. The lowest BCUT2D eigenvalue weighted by atomic mass is 10.0. The Morgan fingerprint density at radius 1 is 1.22 bits per heavy atom. The van der Waals surface area contributed by atoms with Crippen molar-refractivity contribution in [3.63, 3.8) is 0 Å². The van der Waals surface area contributed by atoms with Gasteiger partial charge in [0.25, 0.3) is 0 Å². The van der Waals surface area contributed by atoms with E-state index in [-0.39, 0.29) is 17.5 Å². The van der Waals surface area contributed by atoms with Crippen LogP contribution in [0.1, 0.15) is 18.4 Å². The molecule has 1 aliphatic rings. The molecule has 0 aromatic heterocycles. The van der Waals surface area contributed by atoms with Crippen LogP contribution in [0, 0.1) is 0 Å². The van der Waals surface area contributed by atoms with E-state index >= 15 is 0 Å². The van der Waals surface area contributed by atoms with Gasteiger partial charge in [-0.15, -0.1) is 0 Å². The highest BCUT2D eigenvalue weighted by Crippen LogP contribution is 2.25. The quantitative estimate of drug-likeness (QED) is 0.425. The third-order valence-corrected chi connectivity index (χ3v) is 5.39. The smallest absolute Gasteiger partial charge is 0.387 e. The molecular weight excluding hydrogens is 418 g/mol. The summed E-state index contributed by atoms with van der Waals surface area (Å²) in [6, 6.07) is 12.2. The number of piperidine rings is 1. The molecule has 0 amide bonds. The topological polar surface area (TPSA) is 78.4 Å². The fraction of sp³-hybridized carbons (Fsp3) is 0.435. The Bertz CT molecular complexity index is 893. The van der Waals surface area contributed by atoms with Gasteiger partial charge in [0.1, 0.15) is 17.2 Å². The van der Waals surface area contributed by atoms with Crippen molar-refractivity contribution in [2.24, 2.45) is 4.99 Å². The molecule has 7 nitrogen and oxygen atoms in total. The van der Waals surface area contributed by atoms with Crippen molar-refractivity contribution in [2.45, 2.75) is 31.9 Å². The molecular formula is C23H30F2N4O3. The number of rotatable bonds is 8. The van der Waals surface area contributed by atoms with Gasteiger partial charge in [-0.05, 0) is 55.2 Å². The zero-order chi connectivity index (χ0) is 22.9. The van der Waals surface area contributed by atoms with Gasteiger partial charge in [-0.3, -0.25) is 4.99 Å². The first kappa shape index (κ1) is 23.4. The van der Waals surface area contributed by atoms with Crippen LogP contribution in [0.4, 0.5) is 14.5 Å². The van der Waals surface area contributed by atoms with Crippen molar-refractivity contribution in [3.05, 3.63) is 48.0 Å². The molecule has 1 heterocycles. The number of hydrogen-bond acceptors (Lipinski definition) is 5. The van der Waals surface area contributed by atoms with Gasteiger partial charge in [-0.1, -0.05) is 6.07 Å². The number of halogens is 2. The molecule has 0 saturated carbocycles. The summed E-state index contributed by atoms with van der Waals surface area (Å²) in [4.78, 5) is 6.52. The molecule has 1 fully saturated rings. The second-order valence-corrected chi connectivity index (χ2v) is 7.55. The number of nitrogens with one attached hydrogen (secondary N) is 2. The van der Waals surface area contributed by atoms with Gasteiger partial charge in [0.15, 0.2) is 5.96 Å². The molecule has 3 rings (SSSR count). The first-order valence-corrected chi connectivity index (χ1v) is 10.6. The fourth-order valence-corrected chi connectivity index (χ4v) is 3.75. The van der Waals surface area contributed by atoms with Gasteiger partial charge in [-0.2, -0.15) is 8.78 Å². The van der Waals surface area contributed by atoms with E-state index in [9.17, 15) is 13.9 Å². The molecule has 1 saturated heterocycles. The summed E-state index contributed by atoms with van der Waals surface area (Å²) in [5.74, 6) is 1.69. The summed E-state index contributed by atoms with van der Waals surface area (Å²) in [6.45, 7) is -0.538. The monoisotopic (exact) mass is 448 g/mol. The van der Waals surface area contributed by atoms with Crippen LogP contribution >= 0.6 is 0 Å². The standard InChI is InChI=1S/C23H30F2N4O3/c1-26-23(27-12-11-16-5-8-20(31-2)14-21(16)30)28-17-4-3-13-29(15-17)18-6-9-19(10-7-18)32-22(24)25/h5-10,14,17,22,30H,3-4,11-13,15H2,1-2H3,(H2,26,27,28).